The van der Waals surface area contributed by atoms with Crippen LogP contribution in [0.5, 0.6) is 11.5 Å². The van der Waals surface area contributed by atoms with Crippen LogP contribution in [0.4, 0.5) is 0 Å². The predicted molar refractivity (Wildman–Crippen MR) is 88.5 cm³/mol. The molecule has 2 aromatic rings. The highest BCUT2D eigenvalue weighted by molar-refractivity contribution is 5.79. The Morgan fingerprint density at radius 3 is 1.83 bits per heavy atom. The van der Waals surface area contributed by atoms with Crippen LogP contribution in [0.25, 0.3) is 0 Å². The molecule has 0 spiro atoms. The molecule has 1 atom stereocenters. The first kappa shape index (κ1) is 17.0. The molecule has 4 heteroatoms. The van der Waals surface area contributed by atoms with E-state index in [1.807, 2.05) is 12.1 Å². The maximum Gasteiger partial charge on any atom is 0.135 e. The van der Waals surface area contributed by atoms with E-state index in [0.717, 1.165) is 11.1 Å². The number of carbonyl (C=O) groups is 1. The molecule has 0 radical (unpaired) electrons. The second kappa shape index (κ2) is 8.34. The summed E-state index contributed by atoms with van der Waals surface area (Å²) in [6.45, 7) is 0. The third-order valence-corrected chi connectivity index (χ3v) is 3.79. The summed E-state index contributed by atoms with van der Waals surface area (Å²) in [5.74, 6) is 0.472. The number of Topliss-reactive ketones (excluding diaryl/α,β-unsaturated/α-hetero) is 1. The van der Waals surface area contributed by atoms with Gasteiger partial charge in [-0.15, -0.1) is 0 Å². The Morgan fingerprint density at radius 1 is 0.826 bits per heavy atom. The van der Waals surface area contributed by atoms with E-state index in [1.165, 1.54) is 0 Å². The Hall–Kier alpha value is -2.33. The van der Waals surface area contributed by atoms with E-state index in [1.54, 1.807) is 36.4 Å². The summed E-state index contributed by atoms with van der Waals surface area (Å²) < 4.78 is 0. The molecule has 0 aliphatic carbocycles. The van der Waals surface area contributed by atoms with Crippen LogP contribution in [0.1, 0.15) is 30.4 Å². The maximum atomic E-state index is 11.9. The molecule has 4 nitrogen and oxygen atoms in total. The van der Waals surface area contributed by atoms with Gasteiger partial charge in [0.15, 0.2) is 0 Å². The number of ketones is 1. The lowest BCUT2D eigenvalue weighted by Crippen LogP contribution is -2.14. The van der Waals surface area contributed by atoms with Crippen molar-refractivity contribution >= 4 is 5.78 Å². The van der Waals surface area contributed by atoms with Crippen molar-refractivity contribution in [2.45, 2.75) is 38.2 Å². The van der Waals surface area contributed by atoms with Crippen molar-refractivity contribution in [1.82, 2.24) is 0 Å². The van der Waals surface area contributed by atoms with Gasteiger partial charge in [0.05, 0.1) is 6.10 Å². The molecular formula is C19H22O4. The van der Waals surface area contributed by atoms with Gasteiger partial charge in [0.2, 0.25) is 0 Å². The number of aliphatic hydroxyl groups excluding tert-OH is 1. The molecule has 2 rings (SSSR count). The topological polar surface area (TPSA) is 77.8 Å². The molecule has 0 aliphatic rings. The third kappa shape index (κ3) is 6.12. The Bertz CT molecular complexity index is 617. The largest absolute Gasteiger partial charge is 0.508 e. The van der Waals surface area contributed by atoms with Crippen molar-refractivity contribution in [3.05, 3.63) is 59.7 Å². The summed E-state index contributed by atoms with van der Waals surface area (Å²) >= 11 is 0. The van der Waals surface area contributed by atoms with Gasteiger partial charge < -0.3 is 15.3 Å². The van der Waals surface area contributed by atoms with Crippen LogP contribution in [-0.2, 0) is 17.6 Å². The van der Waals surface area contributed by atoms with Crippen LogP contribution in [0.3, 0.4) is 0 Å². The molecule has 0 saturated carbocycles. The van der Waals surface area contributed by atoms with Gasteiger partial charge in [0.25, 0.3) is 0 Å². The number of aromatic hydroxyl groups is 2. The van der Waals surface area contributed by atoms with E-state index in [4.69, 9.17) is 0 Å². The molecule has 0 fully saturated rings. The highest BCUT2D eigenvalue weighted by Gasteiger charge is 2.11. The van der Waals surface area contributed by atoms with Gasteiger partial charge in [-0.1, -0.05) is 24.3 Å². The minimum Gasteiger partial charge on any atom is -0.508 e. The summed E-state index contributed by atoms with van der Waals surface area (Å²) in [6.07, 6.45) is 1.72. The Kier molecular flexibility index (Phi) is 6.18. The molecule has 0 aromatic heterocycles. The zero-order valence-electron chi connectivity index (χ0n) is 13.0. The fourth-order valence-electron chi connectivity index (χ4n) is 2.41. The van der Waals surface area contributed by atoms with Gasteiger partial charge in [-0.25, -0.2) is 0 Å². The van der Waals surface area contributed by atoms with Crippen LogP contribution in [0, 0.1) is 0 Å². The summed E-state index contributed by atoms with van der Waals surface area (Å²) in [5, 5.41) is 28.4. The molecule has 0 heterocycles. The Morgan fingerprint density at radius 2 is 1.30 bits per heavy atom. The predicted octanol–water partition coefficient (Wildman–Crippen LogP) is 2.98. The van der Waals surface area contributed by atoms with Crippen LogP contribution < -0.4 is 0 Å². The standard InChI is InChI=1S/C19H22O4/c20-16-7-1-14(2-8-16)5-11-18(22)13-19(23)12-6-15-3-9-17(21)10-4-15/h1-4,7-10,18,20-22H,5-6,11-13H2. The molecular weight excluding hydrogens is 292 g/mol. The maximum absolute atomic E-state index is 11.9. The van der Waals surface area contributed by atoms with Crippen molar-refractivity contribution in [1.29, 1.82) is 0 Å². The molecule has 1 unspecified atom stereocenters. The Labute approximate surface area is 136 Å². The minimum atomic E-state index is -0.642. The van der Waals surface area contributed by atoms with Gasteiger partial charge in [0, 0.05) is 12.8 Å². The van der Waals surface area contributed by atoms with Crippen LogP contribution in [0.2, 0.25) is 0 Å². The van der Waals surface area contributed by atoms with Gasteiger partial charge in [-0.05, 0) is 54.7 Å². The quantitative estimate of drug-likeness (QED) is 0.700. The van der Waals surface area contributed by atoms with Crippen LogP contribution in [-0.4, -0.2) is 27.2 Å². The molecule has 0 saturated heterocycles. The average molecular weight is 314 g/mol. The molecule has 0 aliphatic heterocycles. The number of phenolic OH excluding ortho intramolecular Hbond substituents is 2. The number of rotatable bonds is 8. The number of hydrogen-bond acceptors (Lipinski definition) is 4. The lowest BCUT2D eigenvalue weighted by atomic mass is 10.00. The van der Waals surface area contributed by atoms with Crippen molar-refractivity contribution in [3.8, 4) is 11.5 Å². The first-order chi connectivity index (χ1) is 11.0. The van der Waals surface area contributed by atoms with Crippen molar-refractivity contribution in [2.24, 2.45) is 0 Å². The number of phenols is 2. The van der Waals surface area contributed by atoms with Crippen molar-refractivity contribution < 1.29 is 20.1 Å². The first-order valence-electron chi connectivity index (χ1n) is 7.78. The lowest BCUT2D eigenvalue weighted by Gasteiger charge is -2.10. The summed E-state index contributed by atoms with van der Waals surface area (Å²) in [7, 11) is 0. The van der Waals surface area contributed by atoms with E-state index in [2.05, 4.69) is 0 Å². The highest BCUT2D eigenvalue weighted by atomic mass is 16.3. The van der Waals surface area contributed by atoms with Crippen LogP contribution >= 0.6 is 0 Å². The molecule has 2 aromatic carbocycles. The fourth-order valence-corrected chi connectivity index (χ4v) is 2.41. The van der Waals surface area contributed by atoms with E-state index < -0.39 is 6.10 Å². The summed E-state index contributed by atoms with van der Waals surface area (Å²) in [5.41, 5.74) is 2.02. The molecule has 23 heavy (non-hydrogen) atoms. The summed E-state index contributed by atoms with van der Waals surface area (Å²) in [4.78, 5) is 11.9. The van der Waals surface area contributed by atoms with E-state index in [9.17, 15) is 20.1 Å². The SMILES string of the molecule is O=C(CCc1ccc(O)cc1)CC(O)CCc1ccc(O)cc1. The summed E-state index contributed by atoms with van der Waals surface area (Å²) in [6, 6.07) is 13.7. The number of aryl methyl sites for hydroxylation is 2. The van der Waals surface area contributed by atoms with Gasteiger partial charge in [0.1, 0.15) is 17.3 Å². The number of aliphatic hydroxyl groups is 1. The van der Waals surface area contributed by atoms with Gasteiger partial charge in [-0.2, -0.15) is 0 Å². The minimum absolute atomic E-state index is 0.0382. The molecule has 3 N–H and O–H groups in total. The number of benzene rings is 2. The van der Waals surface area contributed by atoms with Gasteiger partial charge >= 0.3 is 0 Å². The lowest BCUT2D eigenvalue weighted by molar-refractivity contribution is -0.120. The second-order valence-corrected chi connectivity index (χ2v) is 5.77. The highest BCUT2D eigenvalue weighted by Crippen LogP contribution is 2.14. The van der Waals surface area contributed by atoms with E-state index in [0.29, 0.717) is 25.7 Å². The van der Waals surface area contributed by atoms with E-state index in [-0.39, 0.29) is 23.7 Å². The third-order valence-electron chi connectivity index (χ3n) is 3.79. The normalized spacial score (nSPS) is 12.0. The zero-order valence-corrected chi connectivity index (χ0v) is 13.0. The first-order valence-corrected chi connectivity index (χ1v) is 7.78. The fraction of sp³-hybridized carbons (Fsp3) is 0.316. The monoisotopic (exact) mass is 314 g/mol. The molecule has 0 bridgehead atoms. The zero-order chi connectivity index (χ0) is 16.7. The average Bonchev–Trinajstić information content (AvgIpc) is 2.54. The van der Waals surface area contributed by atoms with Gasteiger partial charge in [-0.3, -0.25) is 4.79 Å². The van der Waals surface area contributed by atoms with Crippen molar-refractivity contribution in [3.63, 3.8) is 0 Å². The number of carbonyl (C=O) groups excluding carboxylic acids is 1. The molecule has 0 amide bonds. The van der Waals surface area contributed by atoms with E-state index >= 15 is 0 Å². The number of hydrogen-bond donors (Lipinski definition) is 3. The Balaban J connectivity index is 1.69. The second-order valence-electron chi connectivity index (χ2n) is 5.77. The molecule has 122 valence electrons. The van der Waals surface area contributed by atoms with Crippen molar-refractivity contribution in [2.75, 3.05) is 0 Å². The smallest absolute Gasteiger partial charge is 0.135 e. The van der Waals surface area contributed by atoms with Crippen LogP contribution in [0.15, 0.2) is 48.5 Å².